The summed E-state index contributed by atoms with van der Waals surface area (Å²) < 4.78 is 0. The van der Waals surface area contributed by atoms with Crippen molar-refractivity contribution in [2.24, 2.45) is 0 Å². The molecule has 108 valence electrons. The zero-order chi connectivity index (χ0) is 14.4. The molecule has 0 radical (unpaired) electrons. The molecular weight excluding hydrogens is 282 g/mol. The molecule has 1 N–H and O–H groups in total. The van der Waals surface area contributed by atoms with Crippen molar-refractivity contribution >= 4 is 22.9 Å². The number of benzene rings is 1. The monoisotopic (exact) mass is 299 g/mol. The number of nitrogens with one attached hydrogen (secondary N) is 1. The van der Waals surface area contributed by atoms with E-state index in [1.54, 1.807) is 11.3 Å². The van der Waals surface area contributed by atoms with Gasteiger partial charge in [0, 0.05) is 17.1 Å². The Kier molecular flexibility index (Phi) is 2.96. The standard InChI is InChI=1S/C16H17N3OS/c1-2-14-17-13(9-21-14)15-18-12-6-4-3-5-11(12)16(20)19(15)10-7-8-10/h3-6,9-10,15,18H,2,7-8H2,1H3/t15-/m0/s1. The zero-order valence-corrected chi connectivity index (χ0v) is 12.7. The predicted octanol–water partition coefficient (Wildman–Crippen LogP) is 3.43. The summed E-state index contributed by atoms with van der Waals surface area (Å²) in [5.41, 5.74) is 2.65. The van der Waals surface area contributed by atoms with Crippen molar-refractivity contribution in [2.75, 3.05) is 5.32 Å². The maximum absolute atomic E-state index is 12.8. The van der Waals surface area contributed by atoms with Gasteiger partial charge in [-0.05, 0) is 31.4 Å². The van der Waals surface area contributed by atoms with Gasteiger partial charge in [0.05, 0.1) is 16.3 Å². The Morgan fingerprint density at radius 3 is 2.90 bits per heavy atom. The third-order valence-corrected chi connectivity index (χ3v) is 5.07. The third kappa shape index (κ3) is 2.12. The molecule has 5 heteroatoms. The van der Waals surface area contributed by atoms with Crippen LogP contribution in [0.5, 0.6) is 0 Å². The summed E-state index contributed by atoms with van der Waals surface area (Å²) in [6.07, 6.45) is 3.00. The number of rotatable bonds is 3. The fourth-order valence-electron chi connectivity index (χ4n) is 2.83. The summed E-state index contributed by atoms with van der Waals surface area (Å²) in [6.45, 7) is 2.11. The lowest BCUT2D eigenvalue weighted by atomic mass is 10.1. The molecular formula is C16H17N3OS. The Hall–Kier alpha value is -1.88. The van der Waals surface area contributed by atoms with Crippen LogP contribution in [-0.2, 0) is 6.42 Å². The van der Waals surface area contributed by atoms with Crippen molar-refractivity contribution in [3.8, 4) is 0 Å². The Balaban J connectivity index is 1.76. The maximum atomic E-state index is 12.8. The molecule has 0 unspecified atom stereocenters. The summed E-state index contributed by atoms with van der Waals surface area (Å²) in [5.74, 6) is 0.128. The smallest absolute Gasteiger partial charge is 0.258 e. The first-order valence-corrected chi connectivity index (χ1v) is 8.28. The lowest BCUT2D eigenvalue weighted by Gasteiger charge is -2.37. The molecule has 1 aliphatic carbocycles. The zero-order valence-electron chi connectivity index (χ0n) is 11.9. The van der Waals surface area contributed by atoms with E-state index in [0.717, 1.165) is 41.2 Å². The van der Waals surface area contributed by atoms with Crippen LogP contribution in [0.25, 0.3) is 0 Å². The highest BCUT2D eigenvalue weighted by atomic mass is 32.1. The van der Waals surface area contributed by atoms with Crippen LogP contribution in [0, 0.1) is 0 Å². The van der Waals surface area contributed by atoms with Crippen LogP contribution < -0.4 is 5.32 Å². The molecule has 21 heavy (non-hydrogen) atoms. The number of para-hydroxylation sites is 1. The summed E-state index contributed by atoms with van der Waals surface area (Å²) in [6, 6.07) is 8.10. The Morgan fingerprint density at radius 1 is 1.38 bits per heavy atom. The van der Waals surface area contributed by atoms with Gasteiger partial charge in [0.15, 0.2) is 0 Å². The number of aryl methyl sites for hydroxylation is 1. The van der Waals surface area contributed by atoms with E-state index in [-0.39, 0.29) is 12.1 Å². The number of anilines is 1. The van der Waals surface area contributed by atoms with Crippen molar-refractivity contribution in [3.05, 3.63) is 45.9 Å². The van der Waals surface area contributed by atoms with E-state index in [0.29, 0.717) is 6.04 Å². The molecule has 1 aromatic carbocycles. The molecule has 1 aliphatic heterocycles. The largest absolute Gasteiger partial charge is 0.359 e. The van der Waals surface area contributed by atoms with Crippen LogP contribution in [0.2, 0.25) is 0 Å². The van der Waals surface area contributed by atoms with E-state index in [1.807, 2.05) is 29.2 Å². The number of nitrogens with zero attached hydrogens (tertiary/aromatic N) is 2. The second-order valence-electron chi connectivity index (χ2n) is 5.56. The summed E-state index contributed by atoms with van der Waals surface area (Å²) in [5, 5.41) is 6.70. The number of amides is 1. The fourth-order valence-corrected chi connectivity index (χ4v) is 3.59. The molecule has 1 atom stereocenters. The van der Waals surface area contributed by atoms with E-state index in [1.165, 1.54) is 0 Å². The van der Waals surface area contributed by atoms with Gasteiger partial charge in [0.25, 0.3) is 5.91 Å². The van der Waals surface area contributed by atoms with Gasteiger partial charge >= 0.3 is 0 Å². The van der Waals surface area contributed by atoms with Crippen LogP contribution in [0.3, 0.4) is 0 Å². The van der Waals surface area contributed by atoms with Gasteiger partial charge in [-0.25, -0.2) is 4.98 Å². The van der Waals surface area contributed by atoms with E-state index < -0.39 is 0 Å². The number of carbonyl (C=O) groups excluding carboxylic acids is 1. The predicted molar refractivity (Wildman–Crippen MR) is 83.5 cm³/mol. The van der Waals surface area contributed by atoms with Crippen LogP contribution in [-0.4, -0.2) is 21.8 Å². The number of fused-ring (bicyclic) bond motifs is 1. The third-order valence-electron chi connectivity index (χ3n) is 4.05. The highest BCUT2D eigenvalue weighted by Gasteiger charge is 2.42. The van der Waals surface area contributed by atoms with Gasteiger partial charge < -0.3 is 10.2 Å². The molecule has 0 bridgehead atoms. The van der Waals surface area contributed by atoms with Crippen molar-refractivity contribution in [1.82, 2.24) is 9.88 Å². The van der Waals surface area contributed by atoms with Gasteiger partial charge in [-0.15, -0.1) is 11.3 Å². The van der Waals surface area contributed by atoms with Crippen molar-refractivity contribution in [1.29, 1.82) is 0 Å². The lowest BCUT2D eigenvalue weighted by molar-refractivity contribution is 0.0663. The maximum Gasteiger partial charge on any atom is 0.258 e. The minimum absolute atomic E-state index is 0.128. The molecule has 2 aliphatic rings. The van der Waals surface area contributed by atoms with E-state index in [9.17, 15) is 4.79 Å². The topological polar surface area (TPSA) is 45.2 Å². The Morgan fingerprint density at radius 2 is 2.19 bits per heavy atom. The minimum atomic E-state index is -0.128. The van der Waals surface area contributed by atoms with Gasteiger partial charge in [-0.2, -0.15) is 0 Å². The number of carbonyl (C=O) groups is 1. The molecule has 4 nitrogen and oxygen atoms in total. The van der Waals surface area contributed by atoms with Gasteiger partial charge in [0.1, 0.15) is 6.17 Å². The Labute approximate surface area is 127 Å². The Bertz CT molecular complexity index is 692. The van der Waals surface area contributed by atoms with Crippen molar-refractivity contribution in [3.63, 3.8) is 0 Å². The molecule has 1 saturated carbocycles. The molecule has 1 amide bonds. The van der Waals surface area contributed by atoms with Gasteiger partial charge in [0.2, 0.25) is 0 Å². The highest BCUT2D eigenvalue weighted by molar-refractivity contribution is 7.09. The molecule has 0 spiro atoms. The van der Waals surface area contributed by atoms with Gasteiger partial charge in [-0.3, -0.25) is 4.79 Å². The fraction of sp³-hybridized carbons (Fsp3) is 0.375. The molecule has 2 heterocycles. The van der Waals surface area contributed by atoms with Crippen LogP contribution in [0.1, 0.15) is 47.0 Å². The second kappa shape index (κ2) is 4.84. The lowest BCUT2D eigenvalue weighted by Crippen LogP contribution is -2.44. The quantitative estimate of drug-likeness (QED) is 0.944. The van der Waals surface area contributed by atoms with E-state index in [4.69, 9.17) is 0 Å². The van der Waals surface area contributed by atoms with Crippen LogP contribution >= 0.6 is 11.3 Å². The number of aromatic nitrogens is 1. The number of hydrogen-bond acceptors (Lipinski definition) is 4. The summed E-state index contributed by atoms with van der Waals surface area (Å²) in [4.78, 5) is 19.5. The van der Waals surface area contributed by atoms with Crippen LogP contribution in [0.15, 0.2) is 29.6 Å². The molecule has 4 rings (SSSR count). The number of hydrogen-bond donors (Lipinski definition) is 1. The average molecular weight is 299 g/mol. The van der Waals surface area contributed by atoms with Crippen molar-refractivity contribution < 1.29 is 4.79 Å². The van der Waals surface area contributed by atoms with Crippen LogP contribution in [0.4, 0.5) is 5.69 Å². The second-order valence-corrected chi connectivity index (χ2v) is 6.50. The SMILES string of the molecule is CCc1nc([C@H]2Nc3ccccc3C(=O)N2C2CC2)cs1. The number of thiazole rings is 1. The van der Waals surface area contributed by atoms with Crippen molar-refractivity contribution in [2.45, 2.75) is 38.4 Å². The van der Waals surface area contributed by atoms with Gasteiger partial charge in [-0.1, -0.05) is 19.1 Å². The first-order valence-electron chi connectivity index (χ1n) is 7.40. The molecule has 0 saturated heterocycles. The normalized spacial score (nSPS) is 21.1. The summed E-state index contributed by atoms with van der Waals surface area (Å²) in [7, 11) is 0. The highest BCUT2D eigenvalue weighted by Crippen LogP contribution is 2.40. The minimum Gasteiger partial charge on any atom is -0.359 e. The molecule has 1 aromatic heterocycles. The molecule has 2 aromatic rings. The van der Waals surface area contributed by atoms with E-state index >= 15 is 0 Å². The summed E-state index contributed by atoms with van der Waals surface area (Å²) >= 11 is 1.67. The van der Waals surface area contributed by atoms with E-state index in [2.05, 4.69) is 22.6 Å². The first kappa shape index (κ1) is 12.8. The molecule has 1 fully saturated rings. The average Bonchev–Trinajstić information content (AvgIpc) is 3.23. The first-order chi connectivity index (χ1) is 10.3.